The number of nitrogens with zero attached hydrogens (tertiary/aromatic N) is 1. The van der Waals surface area contributed by atoms with Crippen LogP contribution in [0.2, 0.25) is 0 Å². The Bertz CT molecular complexity index is 269. The molecule has 1 heterocycles. The molecule has 0 aliphatic carbocycles. The fraction of sp³-hybridized carbons (Fsp3) is 0.375. The predicted molar refractivity (Wildman–Crippen MR) is 42.7 cm³/mol. The van der Waals surface area contributed by atoms with E-state index in [1.165, 1.54) is 0 Å². The molecule has 0 aliphatic rings. The van der Waals surface area contributed by atoms with Gasteiger partial charge in [-0.15, -0.1) is 0 Å². The monoisotopic (exact) mass is 149 g/mol. The minimum atomic E-state index is -0.0177. The van der Waals surface area contributed by atoms with E-state index in [0.717, 1.165) is 12.0 Å². The van der Waals surface area contributed by atoms with Gasteiger partial charge in [0.2, 0.25) is 0 Å². The van der Waals surface area contributed by atoms with Gasteiger partial charge in [-0.05, 0) is 6.42 Å². The number of hydrogen-bond acceptors (Lipinski definition) is 2. The molecule has 0 fully saturated rings. The lowest BCUT2D eigenvalue weighted by molar-refractivity contribution is 0.698. The first-order valence-corrected chi connectivity index (χ1v) is 3.62. The normalized spacial score (nSPS) is 12.5. The molecule has 0 aromatic carbocycles. The first kappa shape index (κ1) is 7.83. The summed E-state index contributed by atoms with van der Waals surface area (Å²) in [4.78, 5) is 2.86. The molecular formula is C8H11N3. The Hall–Kier alpha value is -1.27. The van der Waals surface area contributed by atoms with Crippen LogP contribution >= 0.6 is 0 Å². The van der Waals surface area contributed by atoms with Crippen LogP contribution < -0.4 is 5.73 Å². The van der Waals surface area contributed by atoms with Gasteiger partial charge in [-0.1, -0.05) is 6.92 Å². The van der Waals surface area contributed by atoms with Gasteiger partial charge in [0, 0.05) is 24.0 Å². The van der Waals surface area contributed by atoms with Crippen LogP contribution in [0.4, 0.5) is 0 Å². The van der Waals surface area contributed by atoms with Crippen LogP contribution in [0.3, 0.4) is 0 Å². The molecule has 0 saturated heterocycles. The second-order valence-electron chi connectivity index (χ2n) is 2.45. The second kappa shape index (κ2) is 3.22. The highest BCUT2D eigenvalue weighted by Gasteiger charge is 2.08. The molecule has 1 aromatic heterocycles. The summed E-state index contributed by atoms with van der Waals surface area (Å²) in [6, 6.07) is 2.06. The molecule has 3 nitrogen and oxygen atoms in total. The van der Waals surface area contributed by atoms with Crippen molar-refractivity contribution in [3.63, 3.8) is 0 Å². The lowest BCUT2D eigenvalue weighted by Crippen LogP contribution is -2.08. The largest absolute Gasteiger partial charge is 0.366 e. The van der Waals surface area contributed by atoms with Crippen molar-refractivity contribution in [1.82, 2.24) is 4.98 Å². The first-order valence-electron chi connectivity index (χ1n) is 3.62. The first-order chi connectivity index (χ1) is 5.29. The summed E-state index contributed by atoms with van der Waals surface area (Å²) in [6.07, 6.45) is 4.31. The van der Waals surface area contributed by atoms with Crippen molar-refractivity contribution in [2.24, 2.45) is 5.73 Å². The minimum Gasteiger partial charge on any atom is -0.366 e. The number of rotatable bonds is 2. The van der Waals surface area contributed by atoms with Crippen LogP contribution in [-0.4, -0.2) is 4.98 Å². The summed E-state index contributed by atoms with van der Waals surface area (Å²) in [6.45, 7) is 2.00. The molecule has 0 spiro atoms. The Morgan fingerprint density at radius 2 is 2.45 bits per heavy atom. The SMILES string of the molecule is CC[C@H](N)c1c[nH]cc1C#N. The van der Waals surface area contributed by atoms with Gasteiger partial charge in [-0.2, -0.15) is 5.26 Å². The van der Waals surface area contributed by atoms with Gasteiger partial charge in [0.1, 0.15) is 6.07 Å². The van der Waals surface area contributed by atoms with Crippen LogP contribution in [0.1, 0.15) is 30.5 Å². The summed E-state index contributed by atoms with van der Waals surface area (Å²) in [5.74, 6) is 0. The Morgan fingerprint density at radius 3 is 3.00 bits per heavy atom. The van der Waals surface area contributed by atoms with E-state index in [9.17, 15) is 0 Å². The second-order valence-corrected chi connectivity index (χ2v) is 2.45. The number of hydrogen-bond donors (Lipinski definition) is 2. The molecule has 1 atom stereocenters. The van der Waals surface area contributed by atoms with Gasteiger partial charge in [0.25, 0.3) is 0 Å². The third-order valence-corrected chi connectivity index (χ3v) is 1.74. The highest BCUT2D eigenvalue weighted by atomic mass is 14.7. The van der Waals surface area contributed by atoms with Gasteiger partial charge in [-0.3, -0.25) is 0 Å². The van der Waals surface area contributed by atoms with E-state index in [0.29, 0.717) is 5.56 Å². The van der Waals surface area contributed by atoms with Crippen LogP contribution in [0, 0.1) is 11.3 Å². The third kappa shape index (κ3) is 1.41. The van der Waals surface area contributed by atoms with Crippen molar-refractivity contribution < 1.29 is 0 Å². The van der Waals surface area contributed by atoms with Crippen LogP contribution in [-0.2, 0) is 0 Å². The number of nitriles is 1. The molecule has 0 unspecified atom stereocenters. The van der Waals surface area contributed by atoms with E-state index < -0.39 is 0 Å². The Kier molecular flexibility index (Phi) is 2.29. The zero-order chi connectivity index (χ0) is 8.27. The molecule has 58 valence electrons. The van der Waals surface area contributed by atoms with E-state index >= 15 is 0 Å². The van der Waals surface area contributed by atoms with Crippen molar-refractivity contribution in [3.8, 4) is 6.07 Å². The van der Waals surface area contributed by atoms with Crippen LogP contribution in [0.5, 0.6) is 0 Å². The lowest BCUT2D eigenvalue weighted by atomic mass is 10.1. The molecule has 3 N–H and O–H groups in total. The summed E-state index contributed by atoms with van der Waals surface area (Å²) in [7, 11) is 0. The van der Waals surface area contributed by atoms with Crippen LogP contribution in [0.15, 0.2) is 12.4 Å². The van der Waals surface area contributed by atoms with Crippen molar-refractivity contribution in [2.75, 3.05) is 0 Å². The van der Waals surface area contributed by atoms with E-state index in [4.69, 9.17) is 11.0 Å². The minimum absolute atomic E-state index is 0.0177. The molecule has 0 saturated carbocycles. The molecule has 11 heavy (non-hydrogen) atoms. The maximum atomic E-state index is 8.63. The summed E-state index contributed by atoms with van der Waals surface area (Å²) >= 11 is 0. The van der Waals surface area contributed by atoms with E-state index in [1.807, 2.05) is 6.92 Å². The van der Waals surface area contributed by atoms with Gasteiger partial charge in [-0.25, -0.2) is 0 Å². The molecule has 0 aliphatic heterocycles. The Morgan fingerprint density at radius 1 is 1.73 bits per heavy atom. The molecule has 0 amide bonds. The lowest BCUT2D eigenvalue weighted by Gasteiger charge is -2.05. The maximum Gasteiger partial charge on any atom is 0.101 e. The van der Waals surface area contributed by atoms with Crippen molar-refractivity contribution >= 4 is 0 Å². The molecule has 0 bridgehead atoms. The maximum absolute atomic E-state index is 8.63. The summed E-state index contributed by atoms with van der Waals surface area (Å²) in [5.41, 5.74) is 7.31. The van der Waals surface area contributed by atoms with Gasteiger partial charge >= 0.3 is 0 Å². The van der Waals surface area contributed by atoms with Crippen molar-refractivity contribution in [3.05, 3.63) is 23.5 Å². The molecule has 3 heteroatoms. The summed E-state index contributed by atoms with van der Waals surface area (Å²) < 4.78 is 0. The smallest absolute Gasteiger partial charge is 0.101 e. The van der Waals surface area contributed by atoms with Crippen LogP contribution in [0.25, 0.3) is 0 Å². The fourth-order valence-electron chi connectivity index (χ4n) is 0.999. The third-order valence-electron chi connectivity index (χ3n) is 1.74. The zero-order valence-corrected chi connectivity index (χ0v) is 6.46. The topological polar surface area (TPSA) is 65.6 Å². The summed E-state index contributed by atoms with van der Waals surface area (Å²) in [5, 5.41) is 8.63. The quantitative estimate of drug-likeness (QED) is 0.665. The van der Waals surface area contributed by atoms with Crippen molar-refractivity contribution in [1.29, 1.82) is 5.26 Å². The fourth-order valence-corrected chi connectivity index (χ4v) is 0.999. The predicted octanol–water partition coefficient (Wildman–Crippen LogP) is 1.30. The Labute approximate surface area is 65.8 Å². The number of H-pyrrole nitrogens is 1. The molecule has 1 rings (SSSR count). The van der Waals surface area contributed by atoms with Gasteiger partial charge in [0.15, 0.2) is 0 Å². The van der Waals surface area contributed by atoms with Gasteiger partial charge < -0.3 is 10.7 Å². The highest BCUT2D eigenvalue weighted by Crippen LogP contribution is 2.16. The average Bonchev–Trinajstić information content (AvgIpc) is 2.50. The number of nitrogens with one attached hydrogen (secondary N) is 1. The number of aromatic amines is 1. The molecule has 1 aromatic rings. The van der Waals surface area contributed by atoms with E-state index in [2.05, 4.69) is 11.1 Å². The number of aromatic nitrogens is 1. The van der Waals surface area contributed by atoms with Gasteiger partial charge in [0.05, 0.1) is 5.56 Å². The standard InChI is InChI=1S/C8H11N3/c1-2-8(10)7-5-11-4-6(7)3-9/h4-5,8,11H,2,10H2,1H3/t8-/m0/s1. The van der Waals surface area contributed by atoms with E-state index in [1.54, 1.807) is 12.4 Å². The highest BCUT2D eigenvalue weighted by molar-refractivity contribution is 5.36. The van der Waals surface area contributed by atoms with E-state index in [-0.39, 0.29) is 6.04 Å². The molecular weight excluding hydrogens is 138 g/mol. The average molecular weight is 149 g/mol. The molecule has 0 radical (unpaired) electrons. The van der Waals surface area contributed by atoms with Crippen molar-refractivity contribution in [2.45, 2.75) is 19.4 Å². The zero-order valence-electron chi connectivity index (χ0n) is 6.46. The Balaban J connectivity index is 2.95. The number of nitrogens with two attached hydrogens (primary N) is 1.